The summed E-state index contributed by atoms with van der Waals surface area (Å²) in [5.74, 6) is 0. The Kier molecular flexibility index (Phi) is 5.24. The topological polar surface area (TPSA) is 6.48 Å². The van der Waals surface area contributed by atoms with Crippen molar-refractivity contribution >= 4 is 17.3 Å². The Balaban J connectivity index is 1.56. The fourth-order valence-corrected chi connectivity index (χ4v) is 3.90. The summed E-state index contributed by atoms with van der Waals surface area (Å²) in [4.78, 5) is 5.05. The average Bonchev–Trinajstić information content (AvgIpc) is 2.72. The third kappa shape index (κ3) is 3.77. The summed E-state index contributed by atoms with van der Waals surface area (Å²) >= 11 is 6.11. The van der Waals surface area contributed by atoms with E-state index in [4.69, 9.17) is 11.6 Å². The zero-order valence-electron chi connectivity index (χ0n) is 14.8. The Bertz CT molecular complexity index is 810. The molecule has 3 heteroatoms. The van der Waals surface area contributed by atoms with E-state index >= 15 is 0 Å². The number of nitrogens with zero attached hydrogens (tertiary/aromatic N) is 2. The molecule has 1 unspecified atom stereocenters. The summed E-state index contributed by atoms with van der Waals surface area (Å²) < 4.78 is 0. The van der Waals surface area contributed by atoms with Gasteiger partial charge >= 0.3 is 0 Å². The number of piperazine rings is 1. The Morgan fingerprint density at radius 3 is 1.77 bits per heavy atom. The standard InChI is InChI=1S/C23H23ClN2/c24-21-13-11-20(12-14-21)23(19-7-3-1-4-8-19)26-17-15-25(16-18-26)22-9-5-2-6-10-22/h1-14,23H,15-18H2. The van der Waals surface area contributed by atoms with Crippen molar-refractivity contribution in [2.45, 2.75) is 6.04 Å². The Hall–Kier alpha value is -2.29. The summed E-state index contributed by atoms with van der Waals surface area (Å²) in [5.41, 5.74) is 3.95. The SMILES string of the molecule is Clc1ccc(C(c2ccccc2)N2CCN(c3ccccc3)CC2)cc1. The molecule has 0 spiro atoms. The molecule has 0 amide bonds. The maximum atomic E-state index is 6.11. The minimum Gasteiger partial charge on any atom is -0.369 e. The minimum absolute atomic E-state index is 0.270. The molecule has 0 saturated carbocycles. The molecule has 3 aromatic carbocycles. The number of anilines is 1. The van der Waals surface area contributed by atoms with Gasteiger partial charge in [0.1, 0.15) is 0 Å². The van der Waals surface area contributed by atoms with Crippen LogP contribution in [0.5, 0.6) is 0 Å². The molecule has 0 bridgehead atoms. The van der Waals surface area contributed by atoms with E-state index in [2.05, 4.69) is 82.6 Å². The van der Waals surface area contributed by atoms with E-state index in [9.17, 15) is 0 Å². The van der Waals surface area contributed by atoms with Gasteiger partial charge in [0.25, 0.3) is 0 Å². The summed E-state index contributed by atoms with van der Waals surface area (Å²) in [5, 5.41) is 0.787. The summed E-state index contributed by atoms with van der Waals surface area (Å²) in [7, 11) is 0. The van der Waals surface area contributed by atoms with E-state index in [1.165, 1.54) is 16.8 Å². The van der Waals surface area contributed by atoms with Crippen molar-refractivity contribution in [2.24, 2.45) is 0 Å². The Morgan fingerprint density at radius 1 is 0.615 bits per heavy atom. The van der Waals surface area contributed by atoms with Gasteiger partial charge in [0.2, 0.25) is 0 Å². The highest BCUT2D eigenvalue weighted by atomic mass is 35.5. The lowest BCUT2D eigenvalue weighted by Gasteiger charge is -2.40. The fourth-order valence-electron chi connectivity index (χ4n) is 3.77. The van der Waals surface area contributed by atoms with Crippen LogP contribution in [0.1, 0.15) is 17.2 Å². The molecule has 3 aromatic rings. The van der Waals surface area contributed by atoms with Crippen molar-refractivity contribution in [1.82, 2.24) is 4.90 Å². The van der Waals surface area contributed by atoms with Crippen LogP contribution in [0.2, 0.25) is 5.02 Å². The molecular weight excluding hydrogens is 340 g/mol. The highest BCUT2D eigenvalue weighted by Crippen LogP contribution is 2.31. The van der Waals surface area contributed by atoms with Gasteiger partial charge in [0.15, 0.2) is 0 Å². The molecule has 0 aromatic heterocycles. The van der Waals surface area contributed by atoms with Crippen LogP contribution in [-0.4, -0.2) is 31.1 Å². The van der Waals surface area contributed by atoms with Crippen LogP contribution in [0.25, 0.3) is 0 Å². The van der Waals surface area contributed by atoms with Crippen molar-refractivity contribution in [3.05, 3.63) is 101 Å². The van der Waals surface area contributed by atoms with Gasteiger partial charge in [-0.15, -0.1) is 0 Å². The number of hydrogen-bond donors (Lipinski definition) is 0. The second kappa shape index (κ2) is 7.94. The van der Waals surface area contributed by atoms with Gasteiger partial charge in [-0.05, 0) is 35.4 Å². The molecule has 1 aliphatic heterocycles. The maximum absolute atomic E-state index is 6.11. The molecule has 1 saturated heterocycles. The van der Waals surface area contributed by atoms with E-state index < -0.39 is 0 Å². The number of benzene rings is 3. The molecule has 26 heavy (non-hydrogen) atoms. The van der Waals surface area contributed by atoms with Gasteiger partial charge < -0.3 is 4.90 Å². The molecule has 2 nitrogen and oxygen atoms in total. The number of halogens is 1. The van der Waals surface area contributed by atoms with Crippen LogP contribution in [0.4, 0.5) is 5.69 Å². The molecule has 1 fully saturated rings. The van der Waals surface area contributed by atoms with Crippen molar-refractivity contribution in [3.8, 4) is 0 Å². The van der Waals surface area contributed by atoms with E-state index in [1.807, 2.05) is 12.1 Å². The highest BCUT2D eigenvalue weighted by Gasteiger charge is 2.26. The molecule has 0 N–H and O–H groups in total. The molecule has 1 heterocycles. The van der Waals surface area contributed by atoms with Crippen LogP contribution in [0.15, 0.2) is 84.9 Å². The molecule has 0 aliphatic carbocycles. The highest BCUT2D eigenvalue weighted by molar-refractivity contribution is 6.30. The number of rotatable bonds is 4. The van der Waals surface area contributed by atoms with Gasteiger partial charge in [0.05, 0.1) is 6.04 Å². The fraction of sp³-hybridized carbons (Fsp3) is 0.217. The van der Waals surface area contributed by atoms with Gasteiger partial charge in [-0.2, -0.15) is 0 Å². The van der Waals surface area contributed by atoms with Gasteiger partial charge in [-0.1, -0.05) is 72.3 Å². The molecule has 1 atom stereocenters. The van der Waals surface area contributed by atoms with Gasteiger partial charge in [0, 0.05) is 36.9 Å². The lowest BCUT2D eigenvalue weighted by atomic mass is 9.96. The summed E-state index contributed by atoms with van der Waals surface area (Å²) in [6.07, 6.45) is 0. The van der Waals surface area contributed by atoms with Crippen molar-refractivity contribution < 1.29 is 0 Å². The Labute approximate surface area is 160 Å². The van der Waals surface area contributed by atoms with Crippen molar-refractivity contribution in [1.29, 1.82) is 0 Å². The number of hydrogen-bond acceptors (Lipinski definition) is 2. The minimum atomic E-state index is 0.270. The molecule has 4 rings (SSSR count). The lowest BCUT2D eigenvalue weighted by molar-refractivity contribution is 0.212. The van der Waals surface area contributed by atoms with Crippen molar-refractivity contribution in [3.63, 3.8) is 0 Å². The van der Waals surface area contributed by atoms with E-state index in [0.29, 0.717) is 0 Å². The van der Waals surface area contributed by atoms with E-state index in [-0.39, 0.29) is 6.04 Å². The van der Waals surface area contributed by atoms with Gasteiger partial charge in [-0.3, -0.25) is 4.90 Å². The lowest BCUT2D eigenvalue weighted by Crippen LogP contribution is -2.47. The first-order valence-corrected chi connectivity index (χ1v) is 9.53. The number of para-hydroxylation sites is 1. The van der Waals surface area contributed by atoms with Crippen LogP contribution in [-0.2, 0) is 0 Å². The molecule has 0 radical (unpaired) electrons. The third-order valence-corrected chi connectivity index (χ3v) is 5.35. The zero-order chi connectivity index (χ0) is 17.8. The second-order valence-corrected chi connectivity index (χ2v) is 7.16. The third-order valence-electron chi connectivity index (χ3n) is 5.10. The molecular formula is C23H23ClN2. The van der Waals surface area contributed by atoms with E-state index in [0.717, 1.165) is 31.2 Å². The molecule has 132 valence electrons. The second-order valence-electron chi connectivity index (χ2n) is 6.72. The van der Waals surface area contributed by atoms with E-state index in [1.54, 1.807) is 0 Å². The smallest absolute Gasteiger partial charge is 0.0603 e. The van der Waals surface area contributed by atoms with Gasteiger partial charge in [-0.25, -0.2) is 0 Å². The molecule has 1 aliphatic rings. The average molecular weight is 363 g/mol. The summed E-state index contributed by atoms with van der Waals surface area (Å²) in [6, 6.07) is 30.0. The first-order valence-electron chi connectivity index (χ1n) is 9.16. The quantitative estimate of drug-likeness (QED) is 0.625. The Morgan fingerprint density at radius 2 is 1.15 bits per heavy atom. The maximum Gasteiger partial charge on any atom is 0.0603 e. The first kappa shape index (κ1) is 17.1. The van der Waals surface area contributed by atoms with Crippen LogP contribution in [0, 0.1) is 0 Å². The van der Waals surface area contributed by atoms with Crippen LogP contribution in [0.3, 0.4) is 0 Å². The summed E-state index contributed by atoms with van der Waals surface area (Å²) in [6.45, 7) is 4.16. The normalized spacial score (nSPS) is 16.4. The van der Waals surface area contributed by atoms with Crippen LogP contribution < -0.4 is 4.90 Å². The monoisotopic (exact) mass is 362 g/mol. The first-order chi connectivity index (χ1) is 12.8. The zero-order valence-corrected chi connectivity index (χ0v) is 15.5. The van der Waals surface area contributed by atoms with Crippen LogP contribution >= 0.6 is 11.6 Å². The van der Waals surface area contributed by atoms with Crippen molar-refractivity contribution in [2.75, 3.05) is 31.1 Å². The largest absolute Gasteiger partial charge is 0.369 e. The predicted octanol–water partition coefficient (Wildman–Crippen LogP) is 5.25. The predicted molar refractivity (Wildman–Crippen MR) is 110 cm³/mol.